The monoisotopic (exact) mass is 335 g/mol. The Morgan fingerprint density at radius 2 is 1.83 bits per heavy atom. The van der Waals surface area contributed by atoms with Gasteiger partial charge in [0.1, 0.15) is 11.5 Å². The fourth-order valence-electron chi connectivity index (χ4n) is 2.30. The molecule has 1 aromatic heterocycles. The number of hydrogen-bond acceptors (Lipinski definition) is 4. The molecule has 0 aliphatic carbocycles. The first-order valence-electron chi connectivity index (χ1n) is 7.37. The van der Waals surface area contributed by atoms with Crippen molar-refractivity contribution in [3.8, 4) is 0 Å². The SMILES string of the molecule is Cc1cc(CNC(=O)CCc2ccc(S(C)(=O)=O)cc2)c(C)o1. The predicted octanol–water partition coefficient (Wildman–Crippen LogP) is 2.55. The van der Waals surface area contributed by atoms with Gasteiger partial charge in [0, 0.05) is 24.8 Å². The molecule has 0 unspecified atom stereocenters. The maximum Gasteiger partial charge on any atom is 0.220 e. The Hall–Kier alpha value is -2.08. The van der Waals surface area contributed by atoms with Crippen LogP contribution in [0.5, 0.6) is 0 Å². The first kappa shape index (κ1) is 17.3. The fourth-order valence-corrected chi connectivity index (χ4v) is 2.93. The highest BCUT2D eigenvalue weighted by Crippen LogP contribution is 2.14. The first-order valence-corrected chi connectivity index (χ1v) is 9.26. The molecule has 1 heterocycles. The molecule has 1 N–H and O–H groups in total. The third-order valence-electron chi connectivity index (χ3n) is 3.61. The van der Waals surface area contributed by atoms with Crippen molar-refractivity contribution in [3.05, 3.63) is 53.0 Å². The molecular formula is C17H21NO4S. The van der Waals surface area contributed by atoms with Crippen LogP contribution < -0.4 is 5.32 Å². The van der Waals surface area contributed by atoms with E-state index in [4.69, 9.17) is 4.42 Å². The third kappa shape index (κ3) is 4.96. The highest BCUT2D eigenvalue weighted by Gasteiger charge is 2.09. The molecule has 2 rings (SSSR count). The van der Waals surface area contributed by atoms with E-state index in [1.54, 1.807) is 24.3 Å². The predicted molar refractivity (Wildman–Crippen MR) is 87.9 cm³/mol. The van der Waals surface area contributed by atoms with E-state index in [-0.39, 0.29) is 10.8 Å². The summed E-state index contributed by atoms with van der Waals surface area (Å²) in [7, 11) is -3.18. The van der Waals surface area contributed by atoms with Gasteiger partial charge in [-0.3, -0.25) is 4.79 Å². The van der Waals surface area contributed by atoms with E-state index in [2.05, 4.69) is 5.32 Å². The van der Waals surface area contributed by atoms with Crippen molar-refractivity contribution in [2.75, 3.05) is 6.26 Å². The largest absolute Gasteiger partial charge is 0.466 e. The molecule has 1 amide bonds. The molecular weight excluding hydrogens is 314 g/mol. The highest BCUT2D eigenvalue weighted by molar-refractivity contribution is 7.90. The van der Waals surface area contributed by atoms with Crippen LogP contribution in [-0.4, -0.2) is 20.6 Å². The highest BCUT2D eigenvalue weighted by atomic mass is 32.2. The van der Waals surface area contributed by atoms with Gasteiger partial charge in [0.25, 0.3) is 0 Å². The number of carbonyl (C=O) groups is 1. The Morgan fingerprint density at radius 1 is 1.17 bits per heavy atom. The van der Waals surface area contributed by atoms with Crippen LogP contribution in [0.25, 0.3) is 0 Å². The molecule has 0 radical (unpaired) electrons. The molecule has 0 aliphatic rings. The van der Waals surface area contributed by atoms with Gasteiger partial charge in [-0.05, 0) is 44.0 Å². The maximum atomic E-state index is 11.9. The van der Waals surface area contributed by atoms with Crippen molar-refractivity contribution in [1.29, 1.82) is 0 Å². The number of amides is 1. The standard InChI is InChI=1S/C17H21NO4S/c1-12-10-15(13(2)22-12)11-18-17(19)9-6-14-4-7-16(8-5-14)23(3,20)21/h4-5,7-8,10H,6,9,11H2,1-3H3,(H,18,19). The van der Waals surface area contributed by atoms with Crippen molar-refractivity contribution in [2.45, 2.75) is 38.1 Å². The summed E-state index contributed by atoms with van der Waals surface area (Å²) in [4.78, 5) is 12.2. The zero-order valence-electron chi connectivity index (χ0n) is 13.5. The topological polar surface area (TPSA) is 76.4 Å². The van der Waals surface area contributed by atoms with Crippen molar-refractivity contribution in [3.63, 3.8) is 0 Å². The second kappa shape index (κ2) is 7.00. The van der Waals surface area contributed by atoms with Crippen LogP contribution in [0.1, 0.15) is 29.1 Å². The third-order valence-corrected chi connectivity index (χ3v) is 4.74. The Balaban J connectivity index is 1.83. The molecule has 5 nitrogen and oxygen atoms in total. The number of rotatable bonds is 6. The lowest BCUT2D eigenvalue weighted by atomic mass is 10.1. The number of benzene rings is 1. The van der Waals surface area contributed by atoms with Gasteiger partial charge >= 0.3 is 0 Å². The van der Waals surface area contributed by atoms with Gasteiger partial charge in [-0.2, -0.15) is 0 Å². The second-order valence-electron chi connectivity index (χ2n) is 5.63. The first-order chi connectivity index (χ1) is 10.8. The summed E-state index contributed by atoms with van der Waals surface area (Å²) in [6, 6.07) is 8.54. The fraction of sp³-hybridized carbons (Fsp3) is 0.353. The van der Waals surface area contributed by atoms with Gasteiger partial charge in [0.05, 0.1) is 4.90 Å². The molecule has 0 bridgehead atoms. The summed E-state index contributed by atoms with van der Waals surface area (Å²) >= 11 is 0. The average Bonchev–Trinajstić information content (AvgIpc) is 2.80. The summed E-state index contributed by atoms with van der Waals surface area (Å²) in [6.45, 7) is 4.20. The van der Waals surface area contributed by atoms with Crippen molar-refractivity contribution >= 4 is 15.7 Å². The average molecular weight is 335 g/mol. The molecule has 124 valence electrons. The van der Waals surface area contributed by atoms with E-state index < -0.39 is 9.84 Å². The summed E-state index contributed by atoms with van der Waals surface area (Å²) in [6.07, 6.45) is 2.10. The van der Waals surface area contributed by atoms with E-state index >= 15 is 0 Å². The molecule has 0 aliphatic heterocycles. The molecule has 0 fully saturated rings. The molecule has 0 atom stereocenters. The lowest BCUT2D eigenvalue weighted by Crippen LogP contribution is -2.23. The van der Waals surface area contributed by atoms with E-state index in [1.807, 2.05) is 19.9 Å². The molecule has 0 saturated heterocycles. The van der Waals surface area contributed by atoms with Gasteiger partial charge in [-0.25, -0.2) is 8.42 Å². The summed E-state index contributed by atoms with van der Waals surface area (Å²) in [5, 5.41) is 2.86. The van der Waals surface area contributed by atoms with Crippen LogP contribution in [0.3, 0.4) is 0 Å². The summed E-state index contributed by atoms with van der Waals surface area (Å²) < 4.78 is 28.2. The Bertz CT molecular complexity index is 789. The summed E-state index contributed by atoms with van der Waals surface area (Å²) in [5.41, 5.74) is 1.91. The Morgan fingerprint density at radius 3 is 2.35 bits per heavy atom. The van der Waals surface area contributed by atoms with E-state index in [9.17, 15) is 13.2 Å². The number of nitrogens with one attached hydrogen (secondary N) is 1. The molecule has 0 spiro atoms. The minimum absolute atomic E-state index is 0.0459. The molecule has 2 aromatic rings. The van der Waals surface area contributed by atoms with Crippen LogP contribution in [0, 0.1) is 13.8 Å². The van der Waals surface area contributed by atoms with Crippen LogP contribution in [0.2, 0.25) is 0 Å². The lowest BCUT2D eigenvalue weighted by molar-refractivity contribution is -0.121. The molecule has 0 saturated carbocycles. The quantitative estimate of drug-likeness (QED) is 0.880. The summed E-state index contributed by atoms with van der Waals surface area (Å²) in [5.74, 6) is 1.60. The van der Waals surface area contributed by atoms with E-state index in [1.165, 1.54) is 6.26 Å². The minimum Gasteiger partial charge on any atom is -0.466 e. The second-order valence-corrected chi connectivity index (χ2v) is 7.65. The van der Waals surface area contributed by atoms with Gasteiger partial charge in [0.2, 0.25) is 5.91 Å². The molecule has 6 heteroatoms. The van der Waals surface area contributed by atoms with Crippen LogP contribution in [0.4, 0.5) is 0 Å². The van der Waals surface area contributed by atoms with Crippen LogP contribution in [-0.2, 0) is 27.6 Å². The van der Waals surface area contributed by atoms with Gasteiger partial charge in [0.15, 0.2) is 9.84 Å². The minimum atomic E-state index is -3.18. The zero-order chi connectivity index (χ0) is 17.0. The number of hydrogen-bond donors (Lipinski definition) is 1. The van der Waals surface area contributed by atoms with E-state index in [0.29, 0.717) is 19.4 Å². The number of furan rings is 1. The lowest BCUT2D eigenvalue weighted by Gasteiger charge is -2.05. The normalized spacial score (nSPS) is 11.4. The Labute approximate surface area is 136 Å². The maximum absolute atomic E-state index is 11.9. The van der Waals surface area contributed by atoms with Crippen molar-refractivity contribution < 1.29 is 17.6 Å². The van der Waals surface area contributed by atoms with Gasteiger partial charge in [-0.15, -0.1) is 0 Å². The number of aryl methyl sites for hydroxylation is 3. The van der Waals surface area contributed by atoms with Crippen LogP contribution in [0.15, 0.2) is 39.6 Å². The van der Waals surface area contributed by atoms with E-state index in [0.717, 1.165) is 22.6 Å². The van der Waals surface area contributed by atoms with Gasteiger partial charge in [-0.1, -0.05) is 12.1 Å². The van der Waals surface area contributed by atoms with Crippen LogP contribution >= 0.6 is 0 Å². The molecule has 23 heavy (non-hydrogen) atoms. The molecule has 1 aromatic carbocycles. The zero-order valence-corrected chi connectivity index (χ0v) is 14.4. The van der Waals surface area contributed by atoms with Gasteiger partial charge < -0.3 is 9.73 Å². The smallest absolute Gasteiger partial charge is 0.220 e. The van der Waals surface area contributed by atoms with Crippen molar-refractivity contribution in [1.82, 2.24) is 5.32 Å². The van der Waals surface area contributed by atoms with Crippen molar-refractivity contribution in [2.24, 2.45) is 0 Å². The number of carbonyl (C=O) groups excluding carboxylic acids is 1. The Kier molecular flexibility index (Phi) is 5.26. The number of sulfone groups is 1.